The van der Waals surface area contributed by atoms with E-state index < -0.39 is 0 Å². The second-order valence-electron chi connectivity index (χ2n) is 8.58. The van der Waals surface area contributed by atoms with Crippen LogP contribution in [0, 0.1) is 10.8 Å². The van der Waals surface area contributed by atoms with Crippen LogP contribution in [0.1, 0.15) is 63.5 Å². The van der Waals surface area contributed by atoms with Gasteiger partial charge in [0.05, 0.1) is 5.56 Å². The van der Waals surface area contributed by atoms with Gasteiger partial charge >= 0.3 is 0 Å². The largest absolute Gasteiger partial charge is 0.442 e. The van der Waals surface area contributed by atoms with Crippen LogP contribution in [0.2, 0.25) is 0 Å². The molecule has 0 amide bonds. The number of hydrogen-bond acceptors (Lipinski definition) is 4. The Morgan fingerprint density at radius 1 is 1.25 bits per heavy atom. The molecular formula is C23H27N3O2. The van der Waals surface area contributed by atoms with E-state index in [2.05, 4.69) is 25.8 Å². The molecule has 1 aliphatic carbocycles. The van der Waals surface area contributed by atoms with Gasteiger partial charge < -0.3 is 9.30 Å². The lowest BCUT2D eigenvalue weighted by Crippen LogP contribution is -2.37. The Balaban J connectivity index is 1.92. The average molecular weight is 377 g/mol. The molecule has 1 aliphatic heterocycles. The molecule has 1 atom stereocenters. The molecule has 0 saturated carbocycles. The van der Waals surface area contributed by atoms with Gasteiger partial charge in [-0.25, -0.2) is 4.98 Å². The third-order valence-electron chi connectivity index (χ3n) is 5.65. The summed E-state index contributed by atoms with van der Waals surface area (Å²) in [6.45, 7) is 7.06. The Morgan fingerprint density at radius 2 is 2.00 bits per heavy atom. The highest BCUT2D eigenvalue weighted by atomic mass is 16.5. The minimum Gasteiger partial charge on any atom is -0.442 e. The van der Waals surface area contributed by atoms with E-state index >= 15 is 0 Å². The molecule has 0 fully saturated rings. The van der Waals surface area contributed by atoms with Crippen molar-refractivity contribution in [2.75, 3.05) is 0 Å². The SMILES string of the molecule is CCCCn1cnc2c(c1=N)[C@@H](c1ccccc1)C1=C(CC(C)(C)CC1=O)O2. The van der Waals surface area contributed by atoms with Gasteiger partial charge in [0.25, 0.3) is 0 Å². The van der Waals surface area contributed by atoms with Crippen molar-refractivity contribution in [2.24, 2.45) is 5.41 Å². The smallest absolute Gasteiger partial charge is 0.228 e. The van der Waals surface area contributed by atoms with Crippen molar-refractivity contribution >= 4 is 5.78 Å². The lowest BCUT2D eigenvalue weighted by molar-refractivity contribution is -0.118. The van der Waals surface area contributed by atoms with E-state index in [9.17, 15) is 4.79 Å². The highest BCUT2D eigenvalue weighted by Crippen LogP contribution is 2.48. The molecule has 2 heterocycles. The van der Waals surface area contributed by atoms with E-state index in [4.69, 9.17) is 10.1 Å². The van der Waals surface area contributed by atoms with Gasteiger partial charge in [-0.05, 0) is 17.4 Å². The molecule has 146 valence electrons. The monoisotopic (exact) mass is 377 g/mol. The number of ether oxygens (including phenoxy) is 1. The van der Waals surface area contributed by atoms with Crippen molar-refractivity contribution in [3.05, 3.63) is 64.6 Å². The molecule has 2 aromatic rings. The minimum atomic E-state index is -0.294. The number of ketones is 1. The quantitative estimate of drug-likeness (QED) is 0.862. The molecule has 0 bridgehead atoms. The van der Waals surface area contributed by atoms with Crippen LogP contribution >= 0.6 is 0 Å². The number of carbonyl (C=O) groups excluding carboxylic acids is 1. The van der Waals surface area contributed by atoms with Crippen LogP contribution in [0.25, 0.3) is 0 Å². The lowest BCUT2D eigenvalue weighted by Gasteiger charge is -2.37. The van der Waals surface area contributed by atoms with E-state index in [0.717, 1.165) is 30.7 Å². The lowest BCUT2D eigenvalue weighted by atomic mass is 9.70. The van der Waals surface area contributed by atoms with Gasteiger partial charge in [0.2, 0.25) is 5.88 Å². The number of hydrogen-bond donors (Lipinski definition) is 1. The Kier molecular flexibility index (Phi) is 4.69. The first-order valence-electron chi connectivity index (χ1n) is 10.0. The maximum absolute atomic E-state index is 13.2. The summed E-state index contributed by atoms with van der Waals surface area (Å²) in [5.41, 5.74) is 2.68. The molecule has 4 rings (SSSR count). The molecule has 0 spiro atoms. The van der Waals surface area contributed by atoms with E-state index in [1.54, 1.807) is 6.33 Å². The predicted octanol–water partition coefficient (Wildman–Crippen LogP) is 4.33. The Bertz CT molecular complexity index is 1000. The van der Waals surface area contributed by atoms with Crippen LogP contribution in [0.3, 0.4) is 0 Å². The summed E-state index contributed by atoms with van der Waals surface area (Å²) in [5, 5.41) is 8.84. The zero-order valence-electron chi connectivity index (χ0n) is 16.8. The third-order valence-corrected chi connectivity index (χ3v) is 5.65. The van der Waals surface area contributed by atoms with Crippen molar-refractivity contribution < 1.29 is 9.53 Å². The van der Waals surface area contributed by atoms with Crippen molar-refractivity contribution in [1.29, 1.82) is 5.41 Å². The Labute approximate surface area is 165 Å². The molecule has 1 N–H and O–H groups in total. The minimum absolute atomic E-state index is 0.120. The number of Topliss-reactive ketones (excluding diaryl/α,β-unsaturated/α-hetero) is 1. The molecule has 2 aliphatic rings. The van der Waals surface area contributed by atoms with Gasteiger partial charge in [0.1, 0.15) is 17.6 Å². The van der Waals surface area contributed by atoms with E-state index in [1.165, 1.54) is 0 Å². The summed E-state index contributed by atoms with van der Waals surface area (Å²) < 4.78 is 8.01. The number of carbonyl (C=O) groups is 1. The standard InChI is InChI=1S/C23H27N3O2/c1-4-5-11-26-14-25-22-20(21(26)24)18(15-9-7-6-8-10-15)19-16(27)12-23(2,3)13-17(19)28-22/h6-10,14,18,24H,4-5,11-13H2,1-3H3/t18-/m0/s1. The summed E-state index contributed by atoms with van der Waals surface area (Å²) in [4.78, 5) is 17.7. The Morgan fingerprint density at radius 3 is 2.71 bits per heavy atom. The molecule has 0 unspecified atom stereocenters. The highest BCUT2D eigenvalue weighted by molar-refractivity contribution is 6.00. The van der Waals surface area contributed by atoms with E-state index in [0.29, 0.717) is 35.3 Å². The molecule has 0 saturated heterocycles. The molecule has 5 heteroatoms. The zero-order chi connectivity index (χ0) is 19.9. The van der Waals surface area contributed by atoms with Crippen molar-refractivity contribution in [2.45, 2.75) is 58.9 Å². The predicted molar refractivity (Wildman–Crippen MR) is 107 cm³/mol. The first-order valence-corrected chi connectivity index (χ1v) is 10.0. The number of nitrogens with one attached hydrogen (secondary N) is 1. The summed E-state index contributed by atoms with van der Waals surface area (Å²) >= 11 is 0. The van der Waals surface area contributed by atoms with Crippen LogP contribution in [0.4, 0.5) is 0 Å². The molecule has 0 radical (unpaired) electrons. The van der Waals surface area contributed by atoms with Gasteiger partial charge in [0.15, 0.2) is 5.78 Å². The fraction of sp³-hybridized carbons (Fsp3) is 0.435. The number of rotatable bonds is 4. The molecule has 1 aromatic carbocycles. The fourth-order valence-electron chi connectivity index (χ4n) is 4.28. The Hall–Kier alpha value is -2.69. The number of allylic oxidation sites excluding steroid dienone is 2. The number of benzene rings is 1. The second-order valence-corrected chi connectivity index (χ2v) is 8.58. The van der Waals surface area contributed by atoms with Crippen molar-refractivity contribution in [3.63, 3.8) is 0 Å². The molecule has 1 aromatic heterocycles. The first-order chi connectivity index (χ1) is 13.4. The zero-order valence-corrected chi connectivity index (χ0v) is 16.8. The van der Waals surface area contributed by atoms with Gasteiger partial charge in [0, 0.05) is 30.9 Å². The normalized spacial score (nSPS) is 20.4. The van der Waals surface area contributed by atoms with E-state index in [-0.39, 0.29) is 17.1 Å². The highest BCUT2D eigenvalue weighted by Gasteiger charge is 2.43. The maximum atomic E-state index is 13.2. The summed E-state index contributed by atoms with van der Waals surface area (Å²) in [6.07, 6.45) is 4.92. The van der Waals surface area contributed by atoms with E-state index in [1.807, 2.05) is 34.9 Å². The number of nitrogens with zero attached hydrogens (tertiary/aromatic N) is 2. The first kappa shape index (κ1) is 18.7. The van der Waals surface area contributed by atoms with Crippen LogP contribution in [0.15, 0.2) is 48.0 Å². The molecule has 5 nitrogen and oxygen atoms in total. The van der Waals surface area contributed by atoms with Crippen LogP contribution in [0.5, 0.6) is 5.88 Å². The topological polar surface area (TPSA) is 68.0 Å². The van der Waals surface area contributed by atoms with Crippen LogP contribution in [-0.2, 0) is 11.3 Å². The van der Waals surface area contributed by atoms with Crippen molar-refractivity contribution in [1.82, 2.24) is 9.55 Å². The fourth-order valence-corrected chi connectivity index (χ4v) is 4.28. The summed E-state index contributed by atoms with van der Waals surface area (Å²) in [6, 6.07) is 9.98. The summed E-state index contributed by atoms with van der Waals surface area (Å²) in [5.74, 6) is 1.02. The number of unbranched alkanes of at least 4 members (excludes halogenated alkanes) is 1. The van der Waals surface area contributed by atoms with Crippen LogP contribution in [-0.4, -0.2) is 15.3 Å². The van der Waals surface area contributed by atoms with Gasteiger partial charge in [-0.15, -0.1) is 0 Å². The van der Waals surface area contributed by atoms with Gasteiger partial charge in [-0.2, -0.15) is 0 Å². The van der Waals surface area contributed by atoms with Gasteiger partial charge in [-0.1, -0.05) is 57.5 Å². The maximum Gasteiger partial charge on any atom is 0.228 e. The van der Waals surface area contributed by atoms with Crippen LogP contribution < -0.4 is 10.2 Å². The number of aromatic nitrogens is 2. The third kappa shape index (κ3) is 3.19. The average Bonchev–Trinajstić information content (AvgIpc) is 2.66. The number of fused-ring (bicyclic) bond motifs is 1. The molecular weight excluding hydrogens is 350 g/mol. The second kappa shape index (κ2) is 7.04. The van der Waals surface area contributed by atoms with Gasteiger partial charge in [-0.3, -0.25) is 10.2 Å². The molecule has 28 heavy (non-hydrogen) atoms. The number of aryl methyl sites for hydroxylation is 1. The van der Waals surface area contributed by atoms with Crippen molar-refractivity contribution in [3.8, 4) is 5.88 Å². The summed E-state index contributed by atoms with van der Waals surface area (Å²) in [7, 11) is 0.